The van der Waals surface area contributed by atoms with E-state index in [-0.39, 0.29) is 24.2 Å². The highest BCUT2D eigenvalue weighted by Gasteiger charge is 2.30. The molecule has 5 nitrogen and oxygen atoms in total. The molecule has 104 valence electrons. The fraction of sp³-hybridized carbons (Fsp3) is 0.615. The van der Waals surface area contributed by atoms with Gasteiger partial charge in [0.05, 0.1) is 12.1 Å². The molecule has 1 fully saturated rings. The summed E-state index contributed by atoms with van der Waals surface area (Å²) in [5, 5.41) is 8.05. The Kier molecular flexibility index (Phi) is 4.90. The van der Waals surface area contributed by atoms with Gasteiger partial charge in [0.15, 0.2) is 5.13 Å². The van der Waals surface area contributed by atoms with Gasteiger partial charge in [0.25, 0.3) is 0 Å². The van der Waals surface area contributed by atoms with Crippen LogP contribution in [-0.4, -0.2) is 23.3 Å². The summed E-state index contributed by atoms with van der Waals surface area (Å²) < 4.78 is 0. The maximum atomic E-state index is 11.6. The lowest BCUT2D eigenvalue weighted by Crippen LogP contribution is -2.26. The van der Waals surface area contributed by atoms with Crippen molar-refractivity contribution in [3.63, 3.8) is 0 Å². The number of hydrogen-bond donors (Lipinski definition) is 2. The van der Waals surface area contributed by atoms with Gasteiger partial charge in [0.1, 0.15) is 0 Å². The molecule has 0 unspecified atom stereocenters. The Morgan fingerprint density at radius 2 is 2.26 bits per heavy atom. The molecule has 1 aromatic heterocycles. The van der Waals surface area contributed by atoms with Crippen molar-refractivity contribution < 1.29 is 9.59 Å². The van der Waals surface area contributed by atoms with Crippen molar-refractivity contribution >= 4 is 28.3 Å². The van der Waals surface area contributed by atoms with Crippen LogP contribution in [0.2, 0.25) is 0 Å². The Hall–Kier alpha value is -1.43. The largest absolute Gasteiger partial charge is 0.356 e. The van der Waals surface area contributed by atoms with Gasteiger partial charge in [0, 0.05) is 17.8 Å². The van der Waals surface area contributed by atoms with Crippen molar-refractivity contribution in [3.05, 3.63) is 11.1 Å². The second-order valence-electron chi connectivity index (χ2n) is 4.79. The van der Waals surface area contributed by atoms with E-state index in [0.717, 1.165) is 25.7 Å². The quantitative estimate of drug-likeness (QED) is 0.750. The van der Waals surface area contributed by atoms with E-state index in [1.807, 2.05) is 5.38 Å². The predicted octanol–water partition coefficient (Wildman–Crippen LogP) is 1.95. The van der Waals surface area contributed by atoms with E-state index >= 15 is 0 Å². The predicted molar refractivity (Wildman–Crippen MR) is 75.1 cm³/mol. The van der Waals surface area contributed by atoms with Crippen LogP contribution in [0.4, 0.5) is 5.13 Å². The van der Waals surface area contributed by atoms with Crippen molar-refractivity contribution in [2.24, 2.45) is 5.92 Å². The number of carbonyl (C=O) groups excluding carboxylic acids is 2. The van der Waals surface area contributed by atoms with Crippen LogP contribution in [0.3, 0.4) is 0 Å². The zero-order valence-corrected chi connectivity index (χ0v) is 11.9. The molecule has 0 atom stereocenters. The fourth-order valence-electron chi connectivity index (χ4n) is 1.63. The minimum atomic E-state index is -0.0150. The third kappa shape index (κ3) is 4.63. The number of thiazole rings is 1. The van der Waals surface area contributed by atoms with Crippen molar-refractivity contribution in [2.45, 2.75) is 39.0 Å². The minimum Gasteiger partial charge on any atom is -0.356 e. The second kappa shape index (κ2) is 6.65. The van der Waals surface area contributed by atoms with Gasteiger partial charge < -0.3 is 10.6 Å². The van der Waals surface area contributed by atoms with E-state index in [1.54, 1.807) is 0 Å². The molecule has 1 heterocycles. The number of unbranched alkanes of at least 4 members (excludes halogenated alkanes) is 1. The molecule has 2 N–H and O–H groups in total. The van der Waals surface area contributed by atoms with Gasteiger partial charge in [0.2, 0.25) is 11.8 Å². The molecule has 1 saturated carbocycles. The van der Waals surface area contributed by atoms with Crippen LogP contribution in [0.25, 0.3) is 0 Å². The van der Waals surface area contributed by atoms with Gasteiger partial charge in [-0.15, -0.1) is 11.3 Å². The van der Waals surface area contributed by atoms with Crippen LogP contribution in [-0.2, 0) is 16.0 Å². The number of carbonyl (C=O) groups is 2. The third-order valence-electron chi connectivity index (χ3n) is 2.92. The molecule has 0 radical (unpaired) electrons. The molecule has 0 aliphatic heterocycles. The van der Waals surface area contributed by atoms with Crippen LogP contribution in [0, 0.1) is 5.92 Å². The first-order valence-electron chi connectivity index (χ1n) is 6.71. The van der Waals surface area contributed by atoms with E-state index in [4.69, 9.17) is 0 Å². The summed E-state index contributed by atoms with van der Waals surface area (Å²) in [6.45, 7) is 2.80. The van der Waals surface area contributed by atoms with Crippen molar-refractivity contribution in [3.8, 4) is 0 Å². The molecule has 1 aromatic rings. The van der Waals surface area contributed by atoms with E-state index < -0.39 is 0 Å². The second-order valence-corrected chi connectivity index (χ2v) is 5.65. The highest BCUT2D eigenvalue weighted by atomic mass is 32.1. The third-order valence-corrected chi connectivity index (χ3v) is 3.73. The van der Waals surface area contributed by atoms with Crippen LogP contribution in [0.5, 0.6) is 0 Å². The minimum absolute atomic E-state index is 0.0150. The molecule has 0 saturated heterocycles. The molecule has 2 rings (SSSR count). The van der Waals surface area contributed by atoms with Gasteiger partial charge >= 0.3 is 0 Å². The van der Waals surface area contributed by atoms with E-state index in [0.29, 0.717) is 17.4 Å². The fourth-order valence-corrected chi connectivity index (χ4v) is 2.34. The molecule has 1 aliphatic carbocycles. The maximum absolute atomic E-state index is 11.6. The highest BCUT2D eigenvalue weighted by molar-refractivity contribution is 7.13. The van der Waals surface area contributed by atoms with Gasteiger partial charge in [-0.3, -0.25) is 9.59 Å². The van der Waals surface area contributed by atoms with Gasteiger partial charge in [-0.2, -0.15) is 0 Å². The normalized spacial score (nSPS) is 14.2. The molecule has 1 aliphatic rings. The maximum Gasteiger partial charge on any atom is 0.229 e. The molecule has 0 aromatic carbocycles. The molecular formula is C13H19N3O2S. The first kappa shape index (κ1) is 14.0. The molecule has 0 bridgehead atoms. The summed E-state index contributed by atoms with van der Waals surface area (Å²) in [4.78, 5) is 27.4. The standard InChI is InChI=1S/C13H19N3O2S/c1-2-3-6-14-11(17)7-10-8-19-13(15-10)16-12(18)9-4-5-9/h8-9H,2-7H2,1H3,(H,14,17)(H,15,16,18). The number of anilines is 1. The number of rotatable bonds is 7. The van der Waals surface area contributed by atoms with Gasteiger partial charge in [-0.25, -0.2) is 4.98 Å². The summed E-state index contributed by atoms with van der Waals surface area (Å²) in [5.74, 6) is 0.205. The van der Waals surface area contributed by atoms with Crippen molar-refractivity contribution in [2.75, 3.05) is 11.9 Å². The summed E-state index contributed by atoms with van der Waals surface area (Å²) >= 11 is 1.37. The lowest BCUT2D eigenvalue weighted by Gasteiger charge is -2.02. The SMILES string of the molecule is CCCCNC(=O)Cc1csc(NC(=O)C2CC2)n1. The highest BCUT2D eigenvalue weighted by Crippen LogP contribution is 2.30. The van der Waals surface area contributed by atoms with E-state index in [1.165, 1.54) is 11.3 Å². The Morgan fingerprint density at radius 3 is 2.95 bits per heavy atom. The number of nitrogens with zero attached hydrogens (tertiary/aromatic N) is 1. The molecular weight excluding hydrogens is 262 g/mol. The van der Waals surface area contributed by atoms with Gasteiger partial charge in [-0.1, -0.05) is 13.3 Å². The Bertz CT molecular complexity index is 454. The van der Waals surface area contributed by atoms with Crippen molar-refractivity contribution in [1.82, 2.24) is 10.3 Å². The first-order valence-corrected chi connectivity index (χ1v) is 7.59. The summed E-state index contributed by atoms with van der Waals surface area (Å²) in [6.07, 6.45) is 4.28. The monoisotopic (exact) mass is 281 g/mol. The van der Waals surface area contributed by atoms with Crippen LogP contribution in [0.15, 0.2) is 5.38 Å². The lowest BCUT2D eigenvalue weighted by atomic mass is 10.3. The number of amides is 2. The molecule has 19 heavy (non-hydrogen) atoms. The average molecular weight is 281 g/mol. The van der Waals surface area contributed by atoms with Crippen LogP contribution < -0.4 is 10.6 Å². The lowest BCUT2D eigenvalue weighted by molar-refractivity contribution is -0.120. The Balaban J connectivity index is 1.76. The van der Waals surface area contributed by atoms with Crippen molar-refractivity contribution in [1.29, 1.82) is 0 Å². The van der Waals surface area contributed by atoms with E-state index in [2.05, 4.69) is 22.5 Å². The summed E-state index contributed by atoms with van der Waals surface area (Å²) in [7, 11) is 0. The van der Waals surface area contributed by atoms with Crippen LogP contribution in [0.1, 0.15) is 38.3 Å². The first-order chi connectivity index (χ1) is 9.19. The smallest absolute Gasteiger partial charge is 0.229 e. The molecule has 0 spiro atoms. The Morgan fingerprint density at radius 1 is 1.47 bits per heavy atom. The Labute approximate surface area is 116 Å². The zero-order valence-electron chi connectivity index (χ0n) is 11.1. The number of aromatic nitrogens is 1. The van der Waals surface area contributed by atoms with E-state index in [9.17, 15) is 9.59 Å². The number of hydrogen-bond acceptors (Lipinski definition) is 4. The van der Waals surface area contributed by atoms with Gasteiger partial charge in [-0.05, 0) is 19.3 Å². The summed E-state index contributed by atoms with van der Waals surface area (Å²) in [5.41, 5.74) is 0.713. The zero-order chi connectivity index (χ0) is 13.7. The molecule has 2 amide bonds. The summed E-state index contributed by atoms with van der Waals surface area (Å²) in [6, 6.07) is 0. The average Bonchev–Trinajstić information content (AvgIpc) is 3.14. The number of nitrogens with one attached hydrogen (secondary N) is 2. The van der Waals surface area contributed by atoms with Crippen LogP contribution >= 0.6 is 11.3 Å². The topological polar surface area (TPSA) is 71.1 Å². The molecule has 6 heteroatoms.